The zero-order valence-corrected chi connectivity index (χ0v) is 16.4. The molecule has 10 nitrogen and oxygen atoms in total. The fourth-order valence-electron chi connectivity index (χ4n) is 2.71. The highest BCUT2D eigenvalue weighted by Gasteiger charge is 2.54. The number of thioether (sulfide) groups is 1. The van der Waals surface area contributed by atoms with Gasteiger partial charge >= 0.3 is 5.97 Å². The third-order valence-electron chi connectivity index (χ3n) is 3.89. The number of nitrogens with one attached hydrogen (secondary N) is 1. The van der Waals surface area contributed by atoms with Gasteiger partial charge in [-0.05, 0) is 5.57 Å². The highest BCUT2D eigenvalue weighted by Crippen LogP contribution is 2.40. The summed E-state index contributed by atoms with van der Waals surface area (Å²) in [4.78, 5) is 46.5. The molecule has 2 amide bonds. The first-order valence-electron chi connectivity index (χ1n) is 7.53. The number of anilines is 1. The van der Waals surface area contributed by atoms with Crippen LogP contribution in [-0.2, 0) is 19.2 Å². The summed E-state index contributed by atoms with van der Waals surface area (Å²) in [6, 6.07) is -0.878. The van der Waals surface area contributed by atoms with E-state index in [1.165, 1.54) is 23.8 Å². The number of carboxylic acid groups (broad SMARTS) is 1. The van der Waals surface area contributed by atoms with Crippen molar-refractivity contribution in [3.8, 4) is 0 Å². The predicted molar refractivity (Wildman–Crippen MR) is 104 cm³/mol. The molecule has 1 aromatic heterocycles. The number of thiazole rings is 1. The Hall–Kier alpha value is -2.25. The van der Waals surface area contributed by atoms with E-state index in [0.717, 1.165) is 11.3 Å². The number of carbonyl (C=O) groups excluding carboxylic acids is 2. The number of β-lactam (4-membered cyclic amide) rings is 1. The van der Waals surface area contributed by atoms with Crippen molar-refractivity contribution in [3.63, 3.8) is 0 Å². The maximum Gasteiger partial charge on any atom is 0.352 e. The van der Waals surface area contributed by atoms with Gasteiger partial charge in [0.05, 0.1) is 0 Å². The zero-order chi connectivity index (χ0) is 19.7. The van der Waals surface area contributed by atoms with Crippen molar-refractivity contribution in [1.29, 1.82) is 0 Å². The lowest BCUT2D eigenvalue weighted by atomic mass is 10.0. The Kier molecular flexibility index (Phi) is 5.62. The molecule has 3 rings (SSSR count). The van der Waals surface area contributed by atoms with Crippen LogP contribution in [0.4, 0.5) is 5.13 Å². The van der Waals surface area contributed by atoms with E-state index in [1.54, 1.807) is 5.38 Å². The summed E-state index contributed by atoms with van der Waals surface area (Å²) in [7, 11) is 1.28. The highest BCUT2D eigenvalue weighted by molar-refractivity contribution is 8.00. The second kappa shape index (κ2) is 7.78. The van der Waals surface area contributed by atoms with Gasteiger partial charge in [0.2, 0.25) is 0 Å². The van der Waals surface area contributed by atoms with Crippen LogP contribution < -0.4 is 11.1 Å². The molecule has 27 heavy (non-hydrogen) atoms. The molecular formula is C14H15N5O5S3. The molecule has 4 N–H and O–H groups in total. The highest BCUT2D eigenvalue weighted by atomic mass is 32.2. The van der Waals surface area contributed by atoms with Gasteiger partial charge in [-0.25, -0.2) is 9.78 Å². The number of rotatable bonds is 6. The lowest BCUT2D eigenvalue weighted by Crippen LogP contribution is -2.71. The van der Waals surface area contributed by atoms with E-state index in [4.69, 9.17) is 5.73 Å². The third kappa shape index (κ3) is 3.49. The van der Waals surface area contributed by atoms with Crippen molar-refractivity contribution >= 4 is 64.4 Å². The van der Waals surface area contributed by atoms with Crippen molar-refractivity contribution in [2.24, 2.45) is 5.16 Å². The molecule has 1 aromatic rings. The van der Waals surface area contributed by atoms with E-state index in [2.05, 4.69) is 32.9 Å². The number of hydrogen-bond donors (Lipinski definition) is 4. The summed E-state index contributed by atoms with van der Waals surface area (Å²) >= 11 is 6.62. The van der Waals surface area contributed by atoms with Crippen LogP contribution in [0.15, 0.2) is 21.8 Å². The molecule has 144 valence electrons. The van der Waals surface area contributed by atoms with Crippen molar-refractivity contribution in [2.75, 3.05) is 24.3 Å². The fourth-order valence-corrected chi connectivity index (χ4v) is 5.01. The summed E-state index contributed by atoms with van der Waals surface area (Å²) in [5, 5.41) is 16.9. The second-order valence-corrected chi connectivity index (χ2v) is 7.78. The van der Waals surface area contributed by atoms with E-state index in [0.29, 0.717) is 11.3 Å². The number of aliphatic carboxylic acids is 1. The Morgan fingerprint density at radius 2 is 2.33 bits per heavy atom. The van der Waals surface area contributed by atoms with Crippen LogP contribution in [0.1, 0.15) is 5.69 Å². The molecule has 2 aliphatic heterocycles. The summed E-state index contributed by atoms with van der Waals surface area (Å²) < 4.78 is 0. The lowest BCUT2D eigenvalue weighted by molar-refractivity contribution is -0.150. The second-order valence-electron chi connectivity index (χ2n) is 5.47. The number of hydrogen-bond acceptors (Lipinski definition) is 10. The van der Waals surface area contributed by atoms with E-state index in [-0.39, 0.29) is 28.0 Å². The molecule has 2 atom stereocenters. The first-order chi connectivity index (χ1) is 12.9. The molecule has 0 aromatic carbocycles. The number of nitrogen functional groups attached to an aromatic ring is 1. The first kappa shape index (κ1) is 19.5. The number of carbonyl (C=O) groups is 3. The SMILES string of the molecule is CON=C(C(=O)N[C@@H]1C(=O)N2C(C(=O)O)=C(CS)CS[C@@H]12)c1csc(N)n1. The minimum atomic E-state index is -1.19. The molecule has 0 unspecified atom stereocenters. The molecule has 3 heterocycles. The van der Waals surface area contributed by atoms with Gasteiger partial charge in [0, 0.05) is 16.9 Å². The topological polar surface area (TPSA) is 147 Å². The van der Waals surface area contributed by atoms with Crippen molar-refractivity contribution < 1.29 is 24.3 Å². The largest absolute Gasteiger partial charge is 0.477 e. The number of oxime groups is 1. The van der Waals surface area contributed by atoms with E-state index < -0.39 is 29.2 Å². The van der Waals surface area contributed by atoms with Crippen molar-refractivity contribution in [3.05, 3.63) is 22.3 Å². The Morgan fingerprint density at radius 3 is 2.89 bits per heavy atom. The quantitative estimate of drug-likeness (QED) is 0.209. The molecule has 2 aliphatic rings. The first-order valence-corrected chi connectivity index (χ1v) is 10.1. The minimum Gasteiger partial charge on any atom is -0.477 e. The van der Waals surface area contributed by atoms with Gasteiger partial charge in [0.15, 0.2) is 10.8 Å². The molecular weight excluding hydrogens is 414 g/mol. The van der Waals surface area contributed by atoms with E-state index in [9.17, 15) is 19.5 Å². The van der Waals surface area contributed by atoms with Crippen LogP contribution in [-0.4, -0.2) is 68.5 Å². The molecule has 13 heteroatoms. The van der Waals surface area contributed by atoms with Crippen LogP contribution in [0.3, 0.4) is 0 Å². The van der Waals surface area contributed by atoms with E-state index in [1.807, 2.05) is 0 Å². The number of aromatic nitrogens is 1. The number of thiol groups is 1. The number of nitrogens with zero attached hydrogens (tertiary/aromatic N) is 3. The zero-order valence-electron chi connectivity index (χ0n) is 13.9. The average Bonchev–Trinajstić information content (AvgIpc) is 3.08. The lowest BCUT2D eigenvalue weighted by Gasteiger charge is -2.49. The summed E-state index contributed by atoms with van der Waals surface area (Å²) in [6.07, 6.45) is 0. The molecule has 1 saturated heterocycles. The number of fused-ring (bicyclic) bond motifs is 1. The van der Waals surface area contributed by atoms with Crippen molar-refractivity contribution in [1.82, 2.24) is 15.2 Å². The fraction of sp³-hybridized carbons (Fsp3) is 0.357. The Bertz CT molecular complexity index is 867. The van der Waals surface area contributed by atoms with Gasteiger partial charge in [-0.15, -0.1) is 23.1 Å². The number of carboxylic acids is 1. The van der Waals surface area contributed by atoms with Crippen LogP contribution in [0.25, 0.3) is 0 Å². The van der Waals surface area contributed by atoms with Crippen LogP contribution in [0, 0.1) is 0 Å². The predicted octanol–water partition coefficient (Wildman–Crippen LogP) is -0.256. The van der Waals surface area contributed by atoms with Crippen LogP contribution in [0.2, 0.25) is 0 Å². The van der Waals surface area contributed by atoms with Crippen LogP contribution >= 0.6 is 35.7 Å². The molecule has 0 bridgehead atoms. The monoisotopic (exact) mass is 429 g/mol. The van der Waals surface area contributed by atoms with Crippen molar-refractivity contribution in [2.45, 2.75) is 11.4 Å². The van der Waals surface area contributed by atoms with E-state index >= 15 is 0 Å². The van der Waals surface area contributed by atoms with Gasteiger partial charge in [0.1, 0.15) is 29.9 Å². The Balaban J connectivity index is 1.79. The van der Waals surface area contributed by atoms with Gasteiger partial charge < -0.3 is 21.0 Å². The van der Waals surface area contributed by atoms with Gasteiger partial charge in [-0.2, -0.15) is 12.6 Å². The average molecular weight is 430 g/mol. The van der Waals surface area contributed by atoms with Gasteiger partial charge in [-0.1, -0.05) is 5.16 Å². The maximum absolute atomic E-state index is 12.6. The molecule has 0 aliphatic carbocycles. The molecule has 0 saturated carbocycles. The summed E-state index contributed by atoms with van der Waals surface area (Å²) in [5.41, 5.74) is 6.17. The summed E-state index contributed by atoms with van der Waals surface area (Å²) in [5.74, 6) is -1.72. The minimum absolute atomic E-state index is 0.0673. The Morgan fingerprint density at radius 1 is 1.59 bits per heavy atom. The maximum atomic E-state index is 12.6. The standard InChI is InChI=1S/C14H15N5O5S3/c1-24-18-7(6-4-27-14(15)16-6)10(20)17-8-11(21)19-9(13(22)23)5(2-25)3-26-12(8)19/h4,8,12,25H,2-3H2,1H3,(H2,15,16)(H,17,20)(H,22,23)/t8-,12+/m1/s1. The third-order valence-corrected chi connectivity index (χ3v) is 6.28. The smallest absolute Gasteiger partial charge is 0.352 e. The number of amides is 2. The van der Waals surface area contributed by atoms with Gasteiger partial charge in [0.25, 0.3) is 11.8 Å². The normalized spacial score (nSPS) is 22.2. The molecule has 0 spiro atoms. The number of nitrogens with two attached hydrogens (primary N) is 1. The molecule has 0 radical (unpaired) electrons. The Labute approximate surface area is 167 Å². The van der Waals surface area contributed by atoms with Crippen LogP contribution in [0.5, 0.6) is 0 Å². The summed E-state index contributed by atoms with van der Waals surface area (Å²) in [6.45, 7) is 0. The van der Waals surface area contributed by atoms with Gasteiger partial charge in [-0.3, -0.25) is 14.5 Å². The molecule has 1 fully saturated rings.